The van der Waals surface area contributed by atoms with Crippen molar-refractivity contribution in [3.63, 3.8) is 0 Å². The fourth-order valence-electron chi connectivity index (χ4n) is 4.55. The number of anilines is 1. The zero-order valence-electron chi connectivity index (χ0n) is 30.1. The molecule has 3 heterocycles. The first-order valence-electron chi connectivity index (χ1n) is 15.6. The van der Waals surface area contributed by atoms with E-state index in [1.54, 1.807) is 13.8 Å². The Morgan fingerprint density at radius 3 is 2.40 bits per heavy atom. The molecule has 2 aromatic heterocycles. The number of hydrogen-bond donors (Lipinski definition) is 8. The molecule has 1 saturated heterocycles. The molecule has 0 radical (unpaired) electrons. The number of carbonyl (C=O) groups is 3. The maximum Gasteiger partial charge on any atom is 1.00 e. The average Bonchev–Trinajstić information content (AvgIpc) is 3.60. The summed E-state index contributed by atoms with van der Waals surface area (Å²) in [5, 5.41) is 26.1. The van der Waals surface area contributed by atoms with Crippen molar-refractivity contribution >= 4 is 69.1 Å². The van der Waals surface area contributed by atoms with E-state index in [2.05, 4.69) is 34.4 Å². The van der Waals surface area contributed by atoms with Crippen molar-refractivity contribution < 1.29 is 99.3 Å². The monoisotopic (exact) mass is 855 g/mol. The van der Waals surface area contributed by atoms with E-state index >= 15 is 0 Å². The van der Waals surface area contributed by atoms with Gasteiger partial charge in [0, 0.05) is 30.7 Å². The number of aromatic nitrogens is 4. The van der Waals surface area contributed by atoms with Gasteiger partial charge < -0.3 is 55.4 Å². The summed E-state index contributed by atoms with van der Waals surface area (Å²) >= 11 is 1.02. The molecule has 0 aromatic carbocycles. The van der Waals surface area contributed by atoms with Crippen molar-refractivity contribution in [3.8, 4) is 0 Å². The summed E-state index contributed by atoms with van der Waals surface area (Å²) in [6, 6.07) is 0. The van der Waals surface area contributed by atoms with Crippen molar-refractivity contribution in [2.24, 2.45) is 5.41 Å². The molecule has 1 fully saturated rings. The van der Waals surface area contributed by atoms with Gasteiger partial charge >= 0.3 is 34.5 Å². The largest absolute Gasteiger partial charge is 1.00 e. The van der Waals surface area contributed by atoms with Crippen LogP contribution in [-0.2, 0) is 50.7 Å². The number of allylic oxidation sites excluding steroid dienone is 1. The molecule has 55 heavy (non-hydrogen) atoms. The van der Waals surface area contributed by atoms with E-state index in [4.69, 9.17) is 19.5 Å². The van der Waals surface area contributed by atoms with Crippen molar-refractivity contribution in [1.82, 2.24) is 30.2 Å². The number of aliphatic hydroxyl groups is 2. The Kier molecular flexibility index (Phi) is 18.3. The number of nitrogen functional groups attached to an aromatic ring is 1. The first-order chi connectivity index (χ1) is 24.9. The number of rotatable bonds is 20. The van der Waals surface area contributed by atoms with Gasteiger partial charge in [0.25, 0.3) is 7.82 Å². The smallest absolute Gasteiger partial charge is 0.756 e. The third-order valence-electron chi connectivity index (χ3n) is 7.15. The molecule has 1 aliphatic rings. The SMILES string of the molecule is CC(C)=CC(=O)SCCNC(=O)CCNC(=O)C(O)C(C)(C)COP(=O)(O)OP(=O)(O)OCC1OC(n2cnc3c(N)ncnc32)C(O)C1OP(=O)([O-])O.[Li+]. The van der Waals surface area contributed by atoms with Gasteiger partial charge in [0.05, 0.1) is 19.5 Å². The fraction of sp³-hybridized carbons (Fsp3) is 0.615. The summed E-state index contributed by atoms with van der Waals surface area (Å²) in [4.78, 5) is 89.0. The maximum atomic E-state index is 12.6. The van der Waals surface area contributed by atoms with Gasteiger partial charge in [-0.2, -0.15) is 4.31 Å². The van der Waals surface area contributed by atoms with E-state index in [-0.39, 0.29) is 60.5 Å². The van der Waals surface area contributed by atoms with Crippen molar-refractivity contribution in [2.75, 3.05) is 37.8 Å². The predicted octanol–water partition coefficient (Wildman–Crippen LogP) is -4.00. The van der Waals surface area contributed by atoms with E-state index in [0.717, 1.165) is 34.6 Å². The van der Waals surface area contributed by atoms with Crippen molar-refractivity contribution in [3.05, 3.63) is 24.3 Å². The van der Waals surface area contributed by atoms with Crippen LogP contribution in [0.3, 0.4) is 0 Å². The second kappa shape index (κ2) is 20.5. The van der Waals surface area contributed by atoms with Gasteiger partial charge in [-0.15, -0.1) is 0 Å². The molecular formula is C26H41LiN7O17P3S. The minimum atomic E-state index is -5.58. The predicted molar refractivity (Wildman–Crippen MR) is 184 cm³/mol. The fourth-order valence-corrected chi connectivity index (χ4v) is 8.10. The molecule has 29 heteroatoms. The van der Waals surface area contributed by atoms with Crippen LogP contribution in [0.5, 0.6) is 0 Å². The Bertz CT molecular complexity index is 1850. The van der Waals surface area contributed by atoms with E-state index in [0.29, 0.717) is 5.75 Å². The van der Waals surface area contributed by atoms with Gasteiger partial charge in [-0.1, -0.05) is 31.2 Å². The first-order valence-corrected chi connectivity index (χ1v) is 21.1. The molecule has 1 aliphatic heterocycles. The summed E-state index contributed by atoms with van der Waals surface area (Å²) in [7, 11) is -16.7. The standard InChI is InChI=1S/C26H42N7O17P3S.Li/c1-14(2)9-17(35)54-8-7-28-16(34)5-6-29-24(38)21(37)26(3,4)11-47-53(44,45)50-52(42,43)46-10-15-20(49-51(39,40)41)19(36)25(48-15)33-13-32-18-22(27)30-12-31-23(18)33;/h9,12-13,15,19-21,25,36-37H,5-8,10-11H2,1-4H3,(H,28,34)(H,29,38)(H,42,43)(H,44,45)(H2,27,30,31)(H2,39,40,41);/q;+1/p-1. The number of thioether (sulfide) groups is 1. The minimum absolute atomic E-state index is 0. The summed E-state index contributed by atoms with van der Waals surface area (Å²) < 4.78 is 61.6. The number of nitrogens with one attached hydrogen (secondary N) is 2. The molecule has 0 aliphatic carbocycles. The van der Waals surface area contributed by atoms with Gasteiger partial charge in [-0.25, -0.2) is 24.1 Å². The first kappa shape index (κ1) is 49.0. The van der Waals surface area contributed by atoms with Gasteiger partial charge in [0.1, 0.15) is 36.3 Å². The Labute approximate surface area is 329 Å². The zero-order chi connectivity index (χ0) is 40.6. The molecule has 9 N–H and O–H groups in total. The van der Waals surface area contributed by atoms with Crippen molar-refractivity contribution in [1.29, 1.82) is 0 Å². The summed E-state index contributed by atoms with van der Waals surface area (Å²) in [6.07, 6.45) is -5.65. The second-order valence-electron chi connectivity index (χ2n) is 12.4. The van der Waals surface area contributed by atoms with Crippen LogP contribution < -0.4 is 40.1 Å². The van der Waals surface area contributed by atoms with Crippen LogP contribution in [0.2, 0.25) is 0 Å². The molecule has 8 unspecified atom stereocenters. The number of phosphoric acid groups is 3. The number of amides is 2. The number of fused-ring (bicyclic) bond motifs is 1. The van der Waals surface area contributed by atoms with Crippen LogP contribution in [-0.4, -0.2) is 118 Å². The summed E-state index contributed by atoms with van der Waals surface area (Å²) in [5.74, 6) is -1.15. The molecule has 304 valence electrons. The van der Waals surface area contributed by atoms with Crippen LogP contribution >= 0.6 is 35.2 Å². The van der Waals surface area contributed by atoms with E-state index in [9.17, 15) is 57.9 Å². The Balaban J connectivity index is 0.0000105. The van der Waals surface area contributed by atoms with E-state index in [1.165, 1.54) is 19.9 Å². The summed E-state index contributed by atoms with van der Waals surface area (Å²) in [6.45, 7) is 3.98. The third kappa shape index (κ3) is 15.3. The maximum absolute atomic E-state index is 12.6. The molecule has 2 aromatic rings. The molecular weight excluding hydrogens is 814 g/mol. The van der Waals surface area contributed by atoms with Crippen LogP contribution in [0.4, 0.5) is 5.82 Å². The van der Waals surface area contributed by atoms with E-state index < -0.39 is 84.6 Å². The molecule has 2 amide bonds. The normalized spacial score (nSPS) is 22.4. The van der Waals surface area contributed by atoms with Crippen molar-refractivity contribution in [2.45, 2.75) is 64.8 Å². The molecule has 3 rings (SSSR count). The third-order valence-corrected chi connectivity index (χ3v) is 11.1. The van der Waals surface area contributed by atoms with Crippen LogP contribution in [0.25, 0.3) is 11.2 Å². The number of phosphoric ester groups is 3. The van der Waals surface area contributed by atoms with Gasteiger partial charge in [-0.3, -0.25) is 32.6 Å². The molecule has 24 nitrogen and oxygen atoms in total. The number of nitrogens with zero attached hydrogens (tertiary/aromatic N) is 4. The number of hydrogen-bond acceptors (Lipinski definition) is 19. The van der Waals surface area contributed by atoms with Crippen LogP contribution in [0, 0.1) is 5.41 Å². The number of aliphatic hydroxyl groups excluding tert-OH is 2. The zero-order valence-corrected chi connectivity index (χ0v) is 33.6. The second-order valence-corrected chi connectivity index (χ2v) is 17.7. The molecule has 0 spiro atoms. The minimum Gasteiger partial charge on any atom is -0.756 e. The Morgan fingerprint density at radius 2 is 1.76 bits per heavy atom. The molecule has 0 bridgehead atoms. The Morgan fingerprint density at radius 1 is 1.11 bits per heavy atom. The average molecular weight is 856 g/mol. The van der Waals surface area contributed by atoms with Gasteiger partial charge in [-0.05, 0) is 19.9 Å². The van der Waals surface area contributed by atoms with Gasteiger partial charge in [0.2, 0.25) is 16.9 Å². The number of nitrogens with two attached hydrogens (primary N) is 1. The number of imidazole rings is 1. The molecule has 8 atom stereocenters. The van der Waals surface area contributed by atoms with Crippen LogP contribution in [0.1, 0.15) is 40.3 Å². The van der Waals surface area contributed by atoms with Gasteiger partial charge in [0.15, 0.2) is 17.7 Å². The Hall–Kier alpha value is -2.10. The number of ether oxygens (including phenoxy) is 1. The van der Waals surface area contributed by atoms with E-state index in [1.807, 2.05) is 0 Å². The number of carbonyl (C=O) groups excluding carboxylic acids is 3. The molecule has 0 saturated carbocycles. The van der Waals surface area contributed by atoms with Crippen LogP contribution in [0.15, 0.2) is 24.3 Å². The topological polar surface area (TPSA) is 366 Å². The quantitative estimate of drug-likeness (QED) is 0.0272. The summed E-state index contributed by atoms with van der Waals surface area (Å²) in [5.41, 5.74) is 5.05.